The fourth-order valence-corrected chi connectivity index (χ4v) is 3.55. The summed E-state index contributed by atoms with van der Waals surface area (Å²) >= 11 is 5.72. The van der Waals surface area contributed by atoms with Crippen molar-refractivity contribution < 1.29 is 13.5 Å². The van der Waals surface area contributed by atoms with Crippen LogP contribution in [0.1, 0.15) is 24.4 Å². The topological polar surface area (TPSA) is 38.5 Å². The van der Waals surface area contributed by atoms with Gasteiger partial charge in [0.2, 0.25) is 4.77 Å². The van der Waals surface area contributed by atoms with Crippen LogP contribution in [0.4, 0.5) is 8.78 Å². The second kappa shape index (κ2) is 9.67. The van der Waals surface area contributed by atoms with Gasteiger partial charge in [-0.25, -0.2) is 13.5 Å². The normalized spacial score (nSPS) is 12.5. The molecule has 0 saturated carbocycles. The standard InChI is InChI=1S/C22H27F2N5OS/c1-15(26(2)3)21-25-28(22(31)29(21)18-9-7-17(23)8-10-18)14-27(4)13-16-6-11-20(30-5)19(24)12-16/h6-12,15H,13-14H2,1-5H3. The van der Waals surface area contributed by atoms with Gasteiger partial charge < -0.3 is 4.74 Å². The van der Waals surface area contributed by atoms with Gasteiger partial charge in [-0.1, -0.05) is 6.07 Å². The second-order valence-corrected chi connectivity index (χ2v) is 8.08. The molecular formula is C22H27F2N5OS. The number of ether oxygens (including phenoxy) is 1. The summed E-state index contributed by atoms with van der Waals surface area (Å²) in [5.74, 6) is 0.267. The summed E-state index contributed by atoms with van der Waals surface area (Å²) in [6.07, 6.45) is 0. The van der Waals surface area contributed by atoms with Crippen LogP contribution >= 0.6 is 12.2 Å². The Morgan fingerprint density at radius 3 is 2.35 bits per heavy atom. The molecule has 0 spiro atoms. The molecule has 0 bridgehead atoms. The van der Waals surface area contributed by atoms with Crippen LogP contribution < -0.4 is 4.74 Å². The molecule has 6 nitrogen and oxygen atoms in total. The highest BCUT2D eigenvalue weighted by atomic mass is 32.1. The van der Waals surface area contributed by atoms with Gasteiger partial charge in [-0.05, 0) is 82.2 Å². The Hall–Kier alpha value is -2.62. The average molecular weight is 448 g/mol. The van der Waals surface area contributed by atoms with E-state index in [1.807, 2.05) is 48.5 Å². The lowest BCUT2D eigenvalue weighted by Crippen LogP contribution is -2.23. The maximum Gasteiger partial charge on any atom is 0.203 e. The zero-order chi connectivity index (χ0) is 22.7. The molecule has 0 fully saturated rings. The molecule has 1 aromatic heterocycles. The number of rotatable bonds is 8. The smallest absolute Gasteiger partial charge is 0.203 e. The molecule has 9 heteroatoms. The summed E-state index contributed by atoms with van der Waals surface area (Å²) in [5.41, 5.74) is 1.56. The van der Waals surface area contributed by atoms with Gasteiger partial charge in [-0.2, -0.15) is 5.10 Å². The lowest BCUT2D eigenvalue weighted by atomic mass is 10.2. The maximum atomic E-state index is 14.0. The number of methoxy groups -OCH3 is 1. The monoisotopic (exact) mass is 447 g/mol. The lowest BCUT2D eigenvalue weighted by molar-refractivity contribution is 0.240. The van der Waals surface area contributed by atoms with Crippen molar-refractivity contribution in [3.05, 3.63) is 70.3 Å². The van der Waals surface area contributed by atoms with Crippen LogP contribution in [0.3, 0.4) is 0 Å². The predicted octanol–water partition coefficient (Wildman–Crippen LogP) is 4.40. The van der Waals surface area contributed by atoms with Crippen molar-refractivity contribution in [2.75, 3.05) is 28.3 Å². The van der Waals surface area contributed by atoms with Gasteiger partial charge in [0.05, 0.1) is 19.8 Å². The lowest BCUT2D eigenvalue weighted by Gasteiger charge is -2.19. The van der Waals surface area contributed by atoms with E-state index < -0.39 is 5.82 Å². The fraction of sp³-hybridized carbons (Fsp3) is 0.364. The van der Waals surface area contributed by atoms with Crippen LogP contribution in [0.25, 0.3) is 5.69 Å². The minimum Gasteiger partial charge on any atom is -0.494 e. The zero-order valence-electron chi connectivity index (χ0n) is 18.3. The Bertz CT molecular complexity index is 1090. The molecule has 0 saturated heterocycles. The third kappa shape index (κ3) is 5.17. The largest absolute Gasteiger partial charge is 0.494 e. The highest BCUT2D eigenvalue weighted by Gasteiger charge is 2.20. The summed E-state index contributed by atoms with van der Waals surface area (Å²) in [7, 11) is 7.28. The molecule has 1 atom stereocenters. The van der Waals surface area contributed by atoms with Crippen LogP contribution in [0.15, 0.2) is 42.5 Å². The summed E-state index contributed by atoms with van der Waals surface area (Å²) < 4.78 is 36.5. The Morgan fingerprint density at radius 1 is 1.10 bits per heavy atom. The predicted molar refractivity (Wildman–Crippen MR) is 119 cm³/mol. The third-order valence-corrected chi connectivity index (χ3v) is 5.53. The minimum atomic E-state index is -0.396. The van der Waals surface area contributed by atoms with E-state index >= 15 is 0 Å². The average Bonchev–Trinajstić information content (AvgIpc) is 3.04. The van der Waals surface area contributed by atoms with Gasteiger partial charge in [0.15, 0.2) is 17.4 Å². The highest BCUT2D eigenvalue weighted by molar-refractivity contribution is 7.71. The van der Waals surface area contributed by atoms with E-state index in [9.17, 15) is 8.78 Å². The van der Waals surface area contributed by atoms with E-state index in [4.69, 9.17) is 22.1 Å². The number of aromatic nitrogens is 3. The Balaban J connectivity index is 1.90. The number of hydrogen-bond acceptors (Lipinski definition) is 5. The zero-order valence-corrected chi connectivity index (χ0v) is 19.2. The molecule has 3 rings (SSSR count). The first kappa shape index (κ1) is 23.1. The first-order chi connectivity index (χ1) is 14.7. The number of halogens is 2. The SMILES string of the molecule is COc1ccc(CN(C)Cn2nc(C(C)N(C)C)n(-c3ccc(F)cc3)c2=S)cc1F. The molecule has 166 valence electrons. The molecule has 31 heavy (non-hydrogen) atoms. The van der Waals surface area contributed by atoms with Gasteiger partial charge in [0, 0.05) is 12.2 Å². The van der Waals surface area contributed by atoms with Gasteiger partial charge in [0.25, 0.3) is 0 Å². The molecule has 1 heterocycles. The minimum absolute atomic E-state index is 0.0195. The number of nitrogens with zero attached hydrogens (tertiary/aromatic N) is 5. The van der Waals surface area contributed by atoms with E-state index in [-0.39, 0.29) is 17.6 Å². The van der Waals surface area contributed by atoms with Gasteiger partial charge in [-0.15, -0.1) is 0 Å². The van der Waals surface area contributed by atoms with Crippen molar-refractivity contribution in [3.8, 4) is 11.4 Å². The van der Waals surface area contributed by atoms with Gasteiger partial charge in [0.1, 0.15) is 5.82 Å². The van der Waals surface area contributed by atoms with Gasteiger partial charge >= 0.3 is 0 Å². The van der Waals surface area contributed by atoms with Crippen molar-refractivity contribution in [1.82, 2.24) is 24.1 Å². The van der Waals surface area contributed by atoms with Crippen molar-refractivity contribution in [1.29, 1.82) is 0 Å². The van der Waals surface area contributed by atoms with Crippen LogP contribution in [0, 0.1) is 16.4 Å². The van der Waals surface area contributed by atoms with Crippen molar-refractivity contribution in [2.24, 2.45) is 0 Å². The summed E-state index contributed by atoms with van der Waals surface area (Å²) in [4.78, 5) is 4.02. The van der Waals surface area contributed by atoms with E-state index in [0.717, 1.165) is 17.1 Å². The van der Waals surface area contributed by atoms with Crippen LogP contribution in [0.2, 0.25) is 0 Å². The molecule has 2 aromatic carbocycles. The molecule has 0 aliphatic heterocycles. The first-order valence-corrected chi connectivity index (χ1v) is 10.2. The van der Waals surface area contributed by atoms with E-state index in [1.165, 1.54) is 25.3 Å². The summed E-state index contributed by atoms with van der Waals surface area (Å²) in [6, 6.07) is 11.1. The third-order valence-electron chi connectivity index (χ3n) is 5.14. The Morgan fingerprint density at radius 2 is 1.77 bits per heavy atom. The molecule has 0 radical (unpaired) electrons. The van der Waals surface area contributed by atoms with Crippen molar-refractivity contribution >= 4 is 12.2 Å². The van der Waals surface area contributed by atoms with E-state index in [2.05, 4.69) is 0 Å². The number of benzene rings is 2. The van der Waals surface area contributed by atoms with Crippen LogP contribution in [0.5, 0.6) is 5.75 Å². The molecule has 0 aliphatic rings. The summed E-state index contributed by atoms with van der Waals surface area (Å²) in [6.45, 7) is 2.95. The van der Waals surface area contributed by atoms with Gasteiger partial charge in [-0.3, -0.25) is 14.4 Å². The Kier molecular flexibility index (Phi) is 7.19. The van der Waals surface area contributed by atoms with Crippen molar-refractivity contribution in [2.45, 2.75) is 26.2 Å². The molecule has 0 aliphatic carbocycles. The molecule has 3 aromatic rings. The molecule has 0 N–H and O–H groups in total. The van der Waals surface area contributed by atoms with Crippen molar-refractivity contribution in [3.63, 3.8) is 0 Å². The fourth-order valence-electron chi connectivity index (χ4n) is 3.25. The summed E-state index contributed by atoms with van der Waals surface area (Å²) in [5, 5.41) is 4.76. The number of hydrogen-bond donors (Lipinski definition) is 0. The molecule has 1 unspecified atom stereocenters. The quantitative estimate of drug-likeness (QED) is 0.479. The van der Waals surface area contributed by atoms with E-state index in [0.29, 0.717) is 18.0 Å². The molecule has 0 amide bonds. The first-order valence-electron chi connectivity index (χ1n) is 9.84. The van der Waals surface area contributed by atoms with E-state index in [1.54, 1.807) is 22.9 Å². The molecular weight excluding hydrogens is 420 g/mol. The Labute approximate surface area is 186 Å². The second-order valence-electron chi connectivity index (χ2n) is 7.72. The maximum absolute atomic E-state index is 14.0. The highest BCUT2D eigenvalue weighted by Crippen LogP contribution is 2.22. The van der Waals surface area contributed by atoms with Crippen LogP contribution in [-0.2, 0) is 13.2 Å². The van der Waals surface area contributed by atoms with Crippen LogP contribution in [-0.4, -0.2) is 52.4 Å².